The van der Waals surface area contributed by atoms with Gasteiger partial charge in [0.05, 0.1) is 7.11 Å². The summed E-state index contributed by atoms with van der Waals surface area (Å²) in [5.74, 6) is 1.03. The van der Waals surface area contributed by atoms with Crippen LogP contribution in [0.25, 0.3) is 0 Å². The highest BCUT2D eigenvalue weighted by Gasteiger charge is 2.02. The normalized spacial score (nSPS) is 9.61. The molecule has 23 heavy (non-hydrogen) atoms. The van der Waals surface area contributed by atoms with E-state index >= 15 is 0 Å². The van der Waals surface area contributed by atoms with Gasteiger partial charge in [0.15, 0.2) is 0 Å². The van der Waals surface area contributed by atoms with Gasteiger partial charge >= 0.3 is 0 Å². The third-order valence-corrected chi connectivity index (χ3v) is 3.36. The summed E-state index contributed by atoms with van der Waals surface area (Å²) in [4.78, 5) is 0. The predicted octanol–water partition coefficient (Wildman–Crippen LogP) is 6.16. The number of methoxy groups -OCH3 is 1. The zero-order valence-corrected chi connectivity index (χ0v) is 17.0. The van der Waals surface area contributed by atoms with Crippen LogP contribution < -0.4 is 10.1 Å². The molecule has 0 bridgehead atoms. The van der Waals surface area contributed by atoms with Crippen molar-refractivity contribution in [3.05, 3.63) is 29.3 Å². The standard InChI is InChI=1S/C17H29NO.2C2H6/c1-14(2)18-12-8-6-5-7-9-16-13-15(3)10-11-17(16)19-4;2*1-2/h10-11,13-14,18H,5-9,12H2,1-4H3;2*1-2H3. The second-order valence-corrected chi connectivity index (χ2v) is 5.59. The molecule has 0 saturated carbocycles. The molecule has 1 aromatic carbocycles. The number of ether oxygens (including phenoxy) is 1. The number of nitrogens with one attached hydrogen (secondary N) is 1. The van der Waals surface area contributed by atoms with Gasteiger partial charge in [-0.2, -0.15) is 0 Å². The number of aryl methyl sites for hydroxylation is 2. The highest BCUT2D eigenvalue weighted by Crippen LogP contribution is 2.21. The minimum atomic E-state index is 0.608. The van der Waals surface area contributed by atoms with Gasteiger partial charge in [-0.05, 0) is 44.4 Å². The molecule has 1 N–H and O–H groups in total. The van der Waals surface area contributed by atoms with Crippen LogP contribution in [0.15, 0.2) is 18.2 Å². The zero-order valence-electron chi connectivity index (χ0n) is 17.0. The van der Waals surface area contributed by atoms with Gasteiger partial charge in [-0.3, -0.25) is 0 Å². The molecule has 0 atom stereocenters. The largest absolute Gasteiger partial charge is 0.496 e. The summed E-state index contributed by atoms with van der Waals surface area (Å²) in [6, 6.07) is 7.05. The highest BCUT2D eigenvalue weighted by atomic mass is 16.5. The summed E-state index contributed by atoms with van der Waals surface area (Å²) >= 11 is 0. The molecule has 0 unspecified atom stereocenters. The fourth-order valence-electron chi connectivity index (χ4n) is 2.29. The van der Waals surface area contributed by atoms with E-state index in [4.69, 9.17) is 4.74 Å². The Balaban J connectivity index is 0. The van der Waals surface area contributed by atoms with Crippen LogP contribution >= 0.6 is 0 Å². The van der Waals surface area contributed by atoms with Gasteiger partial charge in [-0.15, -0.1) is 0 Å². The molecule has 0 heterocycles. The quantitative estimate of drug-likeness (QED) is 0.550. The second-order valence-electron chi connectivity index (χ2n) is 5.59. The fourth-order valence-corrected chi connectivity index (χ4v) is 2.29. The van der Waals surface area contributed by atoms with Crippen LogP contribution in [-0.4, -0.2) is 19.7 Å². The summed E-state index contributed by atoms with van der Waals surface area (Å²) in [6.07, 6.45) is 6.28. The molecule has 0 aliphatic heterocycles. The van der Waals surface area contributed by atoms with E-state index in [9.17, 15) is 0 Å². The van der Waals surface area contributed by atoms with Gasteiger partial charge in [-0.25, -0.2) is 0 Å². The van der Waals surface area contributed by atoms with Crippen molar-refractivity contribution in [1.82, 2.24) is 5.32 Å². The summed E-state index contributed by atoms with van der Waals surface area (Å²) in [7, 11) is 1.76. The summed E-state index contributed by atoms with van der Waals surface area (Å²) in [5, 5.41) is 3.46. The molecule has 0 spiro atoms. The van der Waals surface area contributed by atoms with Crippen LogP contribution in [-0.2, 0) is 6.42 Å². The molecular weight excluding hydrogens is 282 g/mol. The molecule has 1 aromatic rings. The molecule has 1 rings (SSSR count). The molecule has 136 valence electrons. The number of rotatable bonds is 9. The average Bonchev–Trinajstić information content (AvgIpc) is 2.57. The molecule has 0 aliphatic carbocycles. The van der Waals surface area contributed by atoms with Crippen LogP contribution in [0.1, 0.15) is 78.4 Å². The average molecular weight is 324 g/mol. The van der Waals surface area contributed by atoms with Gasteiger partial charge in [0, 0.05) is 6.04 Å². The summed E-state index contributed by atoms with van der Waals surface area (Å²) < 4.78 is 5.41. The molecule has 2 nitrogen and oxygen atoms in total. The molecular formula is C21H41NO. The van der Waals surface area contributed by atoms with Crippen molar-refractivity contribution in [1.29, 1.82) is 0 Å². The molecule has 0 amide bonds. The van der Waals surface area contributed by atoms with Gasteiger partial charge in [0.1, 0.15) is 5.75 Å². The Hall–Kier alpha value is -1.02. The summed E-state index contributed by atoms with van der Waals surface area (Å²) in [5.41, 5.74) is 2.67. The molecule has 2 heteroatoms. The van der Waals surface area contributed by atoms with Gasteiger partial charge in [0.25, 0.3) is 0 Å². The number of hydrogen-bond donors (Lipinski definition) is 1. The lowest BCUT2D eigenvalue weighted by Gasteiger charge is -2.10. The SMILES string of the molecule is CC.CC.COc1ccc(C)cc1CCCCCCNC(C)C. The van der Waals surface area contributed by atoms with Crippen molar-refractivity contribution in [2.75, 3.05) is 13.7 Å². The third-order valence-electron chi connectivity index (χ3n) is 3.36. The molecule has 0 saturated heterocycles. The number of benzene rings is 1. The Morgan fingerprint density at radius 2 is 1.57 bits per heavy atom. The molecule has 0 fully saturated rings. The maximum atomic E-state index is 5.41. The van der Waals surface area contributed by atoms with E-state index in [2.05, 4.69) is 44.3 Å². The van der Waals surface area contributed by atoms with E-state index < -0.39 is 0 Å². The fraction of sp³-hybridized carbons (Fsp3) is 0.714. The number of hydrogen-bond acceptors (Lipinski definition) is 2. The Morgan fingerprint density at radius 3 is 2.13 bits per heavy atom. The van der Waals surface area contributed by atoms with Crippen molar-refractivity contribution < 1.29 is 4.74 Å². The minimum absolute atomic E-state index is 0.608. The monoisotopic (exact) mass is 323 g/mol. The maximum Gasteiger partial charge on any atom is 0.122 e. The molecule has 0 radical (unpaired) electrons. The van der Waals surface area contributed by atoms with Crippen molar-refractivity contribution >= 4 is 0 Å². The Kier molecular flexibility index (Phi) is 18.3. The summed E-state index contributed by atoms with van der Waals surface area (Å²) in [6.45, 7) is 15.7. The third kappa shape index (κ3) is 13.1. The van der Waals surface area contributed by atoms with Crippen LogP contribution in [0.4, 0.5) is 0 Å². The first-order valence-electron chi connectivity index (χ1n) is 9.50. The van der Waals surface area contributed by atoms with Crippen molar-refractivity contribution in [3.63, 3.8) is 0 Å². The van der Waals surface area contributed by atoms with Gasteiger partial charge in [0.2, 0.25) is 0 Å². The van der Waals surface area contributed by atoms with E-state index in [-0.39, 0.29) is 0 Å². The first kappa shape index (κ1) is 24.2. The lowest BCUT2D eigenvalue weighted by molar-refractivity contribution is 0.408. The Bertz CT molecular complexity index is 361. The van der Waals surface area contributed by atoms with Crippen molar-refractivity contribution in [2.24, 2.45) is 0 Å². The van der Waals surface area contributed by atoms with Crippen LogP contribution in [0.2, 0.25) is 0 Å². The van der Waals surface area contributed by atoms with Crippen molar-refractivity contribution in [3.8, 4) is 5.75 Å². The van der Waals surface area contributed by atoms with E-state index in [0.717, 1.165) is 18.7 Å². The smallest absolute Gasteiger partial charge is 0.122 e. The highest BCUT2D eigenvalue weighted by molar-refractivity contribution is 5.36. The van der Waals surface area contributed by atoms with Gasteiger partial charge < -0.3 is 10.1 Å². The minimum Gasteiger partial charge on any atom is -0.496 e. The van der Waals surface area contributed by atoms with Crippen LogP contribution in [0, 0.1) is 6.92 Å². The van der Waals surface area contributed by atoms with Crippen LogP contribution in [0.5, 0.6) is 5.75 Å². The predicted molar refractivity (Wildman–Crippen MR) is 106 cm³/mol. The lowest BCUT2D eigenvalue weighted by atomic mass is 10.0. The van der Waals surface area contributed by atoms with Crippen molar-refractivity contribution in [2.45, 2.75) is 86.6 Å². The Labute approximate surface area is 146 Å². The topological polar surface area (TPSA) is 21.3 Å². The van der Waals surface area contributed by atoms with E-state index in [1.54, 1.807) is 7.11 Å². The van der Waals surface area contributed by atoms with E-state index in [1.807, 2.05) is 27.7 Å². The first-order valence-corrected chi connectivity index (χ1v) is 9.50. The lowest BCUT2D eigenvalue weighted by Crippen LogP contribution is -2.23. The zero-order chi connectivity index (χ0) is 18.1. The van der Waals surface area contributed by atoms with Gasteiger partial charge in [-0.1, -0.05) is 72.1 Å². The van der Waals surface area contributed by atoms with E-state index in [0.29, 0.717) is 6.04 Å². The molecule has 0 aromatic heterocycles. The molecule has 0 aliphatic rings. The number of unbranched alkanes of at least 4 members (excludes halogenated alkanes) is 3. The maximum absolute atomic E-state index is 5.41. The van der Waals surface area contributed by atoms with E-state index in [1.165, 1.54) is 36.8 Å². The Morgan fingerprint density at radius 1 is 0.957 bits per heavy atom. The second kappa shape index (κ2) is 17.3. The first-order chi connectivity index (χ1) is 11.1. The van der Waals surface area contributed by atoms with Crippen LogP contribution in [0.3, 0.4) is 0 Å².